The van der Waals surface area contributed by atoms with E-state index in [0.29, 0.717) is 32.6 Å². The molecule has 2 aromatic rings. The van der Waals surface area contributed by atoms with E-state index in [1.165, 1.54) is 0 Å². The Kier molecular flexibility index (Phi) is 3.68. The minimum Gasteiger partial charge on any atom is -0.364 e. The molecule has 4 nitrogen and oxygen atoms in total. The van der Waals surface area contributed by atoms with Crippen LogP contribution in [0, 0.1) is 0 Å². The van der Waals surface area contributed by atoms with Gasteiger partial charge >= 0.3 is 0 Å². The monoisotopic (exact) mass is 326 g/mol. The molecule has 106 valence electrons. The summed E-state index contributed by atoms with van der Waals surface area (Å²) in [6, 6.07) is 12.1. The van der Waals surface area contributed by atoms with Crippen LogP contribution in [0.25, 0.3) is 0 Å². The maximum absolute atomic E-state index is 11.8. The van der Waals surface area contributed by atoms with Gasteiger partial charge in [0.1, 0.15) is 0 Å². The van der Waals surface area contributed by atoms with Gasteiger partial charge in [-0.1, -0.05) is 41.4 Å². The van der Waals surface area contributed by atoms with E-state index >= 15 is 0 Å². The third kappa shape index (κ3) is 2.65. The normalized spacial score (nSPS) is 17.6. The molecule has 2 aromatic carbocycles. The van der Waals surface area contributed by atoms with Crippen molar-refractivity contribution in [3.05, 3.63) is 63.6 Å². The third-order valence-corrected chi connectivity index (χ3v) is 3.67. The molecule has 0 aliphatic carbocycles. The molecule has 1 aliphatic rings. The fourth-order valence-electron chi connectivity index (χ4n) is 2.14. The Morgan fingerprint density at radius 1 is 1.10 bits per heavy atom. The SMILES string of the molecule is O=C1N[13c]2[13cH][13cH][13c](Cl)[13cH][13c]2C(c2ccccc2Cl)=NC1O. The lowest BCUT2D eigenvalue weighted by Gasteiger charge is -2.11. The highest BCUT2D eigenvalue weighted by Crippen LogP contribution is 2.29. The average Bonchev–Trinajstić information content (AvgIpc) is 2.58. The number of aliphatic hydroxyl groups excluding tert-OH is 1. The van der Waals surface area contributed by atoms with Crippen LogP contribution in [0.15, 0.2) is 47.5 Å². The van der Waals surface area contributed by atoms with Crippen LogP contribution in [-0.2, 0) is 4.79 Å². The molecule has 0 radical (unpaired) electrons. The number of aliphatic imine (C=N–C) groups is 1. The molecule has 3 rings (SSSR count). The first kappa shape index (κ1) is 14.1. The molecule has 1 aliphatic heterocycles. The van der Waals surface area contributed by atoms with Gasteiger partial charge in [-0.25, -0.2) is 4.99 Å². The summed E-state index contributed by atoms with van der Waals surface area (Å²) in [4.78, 5) is 15.9. The van der Waals surface area contributed by atoms with Crippen molar-refractivity contribution in [2.24, 2.45) is 4.99 Å². The van der Waals surface area contributed by atoms with Crippen molar-refractivity contribution < 1.29 is 9.90 Å². The number of carbonyl (C=O) groups is 1. The van der Waals surface area contributed by atoms with Gasteiger partial charge in [-0.05, 0) is 24.3 Å². The molecular weight excluding hydrogens is 317 g/mol. The zero-order valence-corrected chi connectivity index (χ0v) is 12.2. The van der Waals surface area contributed by atoms with Gasteiger partial charge in [0.2, 0.25) is 6.23 Å². The third-order valence-electron chi connectivity index (χ3n) is 3.11. The van der Waals surface area contributed by atoms with Crippen molar-refractivity contribution in [3.63, 3.8) is 0 Å². The number of benzodiazepines with no additional fused rings is 1. The highest BCUT2D eigenvalue weighted by Gasteiger charge is 2.25. The van der Waals surface area contributed by atoms with Crippen LogP contribution in [0.2, 0.25) is 10.0 Å². The second kappa shape index (κ2) is 5.48. The van der Waals surface area contributed by atoms with Crippen molar-refractivity contribution in [3.8, 4) is 0 Å². The van der Waals surface area contributed by atoms with Gasteiger partial charge in [-0.15, -0.1) is 0 Å². The summed E-state index contributed by atoms with van der Waals surface area (Å²) < 4.78 is 0. The van der Waals surface area contributed by atoms with Crippen molar-refractivity contribution in [2.45, 2.75) is 6.23 Å². The summed E-state index contributed by atoms with van der Waals surface area (Å²) in [7, 11) is 0. The van der Waals surface area contributed by atoms with Crippen LogP contribution in [-0.4, -0.2) is 23.0 Å². The van der Waals surface area contributed by atoms with E-state index in [9.17, 15) is 9.90 Å². The van der Waals surface area contributed by atoms with Crippen LogP contribution < -0.4 is 5.32 Å². The Morgan fingerprint density at radius 2 is 1.86 bits per heavy atom. The maximum Gasteiger partial charge on any atom is 0.276 e. The summed E-state index contributed by atoms with van der Waals surface area (Å²) in [5.41, 5.74) is 2.18. The number of rotatable bonds is 1. The molecule has 0 bridgehead atoms. The molecule has 2 N–H and O–H groups in total. The summed E-state index contributed by atoms with van der Waals surface area (Å²) in [5, 5.41) is 13.4. The largest absolute Gasteiger partial charge is 0.364 e. The molecule has 1 atom stereocenters. The van der Waals surface area contributed by atoms with Gasteiger partial charge in [0.25, 0.3) is 5.91 Å². The first-order chi connectivity index (χ1) is 10.1. The topological polar surface area (TPSA) is 61.7 Å². The van der Waals surface area contributed by atoms with Gasteiger partial charge in [0.05, 0.1) is 11.4 Å². The summed E-state index contributed by atoms with van der Waals surface area (Å²) in [5.74, 6) is -0.597. The lowest BCUT2D eigenvalue weighted by Crippen LogP contribution is -2.24. The van der Waals surface area contributed by atoms with E-state index in [0.717, 1.165) is 0 Å². The molecule has 0 aromatic heterocycles. The first-order valence-electron chi connectivity index (χ1n) is 6.18. The molecule has 1 amide bonds. The molecule has 21 heavy (non-hydrogen) atoms. The fourth-order valence-corrected chi connectivity index (χ4v) is 2.53. The van der Waals surface area contributed by atoms with Gasteiger partial charge in [-0.3, -0.25) is 4.79 Å². The van der Waals surface area contributed by atoms with Gasteiger partial charge in [0, 0.05) is 21.2 Å². The van der Waals surface area contributed by atoms with E-state index in [2.05, 4.69) is 10.3 Å². The molecule has 0 fully saturated rings. The van der Waals surface area contributed by atoms with Gasteiger partial charge < -0.3 is 10.4 Å². The number of anilines is 1. The molecule has 0 saturated carbocycles. The fraction of sp³-hybridized carbons (Fsp3) is 0.0667. The number of halogens is 2. The Hall–Kier alpha value is -1.88. The molecular formula is C15H10Cl2N2O2. The van der Waals surface area contributed by atoms with E-state index in [4.69, 9.17) is 23.2 Å². The number of aliphatic hydroxyl groups is 1. The van der Waals surface area contributed by atoms with Crippen LogP contribution >= 0.6 is 23.2 Å². The molecule has 6 heteroatoms. The second-order valence-corrected chi connectivity index (χ2v) is 5.35. The molecule has 0 saturated heterocycles. The number of benzene rings is 2. The number of amides is 1. The molecule has 1 unspecified atom stereocenters. The number of hydrogen-bond acceptors (Lipinski definition) is 3. The Bertz CT molecular complexity index is 759. The Morgan fingerprint density at radius 3 is 2.62 bits per heavy atom. The van der Waals surface area contributed by atoms with Crippen LogP contribution in [0.5, 0.6) is 0 Å². The van der Waals surface area contributed by atoms with Crippen LogP contribution in [0.4, 0.5) is 5.69 Å². The van der Waals surface area contributed by atoms with Crippen LogP contribution in [0.3, 0.4) is 0 Å². The first-order valence-corrected chi connectivity index (χ1v) is 6.93. The predicted octanol–water partition coefficient (Wildman–Crippen LogP) is 3.10. The number of hydrogen-bond donors (Lipinski definition) is 2. The smallest absolute Gasteiger partial charge is 0.276 e. The minimum atomic E-state index is -1.50. The van der Waals surface area contributed by atoms with Gasteiger partial charge in [0.15, 0.2) is 0 Å². The number of nitrogens with one attached hydrogen (secondary N) is 1. The Balaban J connectivity index is 2.27. The number of fused-ring (bicyclic) bond motifs is 1. The predicted molar refractivity (Wildman–Crippen MR) is 83.2 cm³/mol. The average molecular weight is 327 g/mol. The van der Waals surface area contributed by atoms with Crippen molar-refractivity contribution in [2.75, 3.05) is 5.32 Å². The second-order valence-electron chi connectivity index (χ2n) is 4.51. The van der Waals surface area contributed by atoms with Crippen LogP contribution in [0.1, 0.15) is 11.1 Å². The Labute approximate surface area is 131 Å². The summed E-state index contributed by atoms with van der Waals surface area (Å²) in [6.45, 7) is 0. The summed E-state index contributed by atoms with van der Waals surface area (Å²) >= 11 is 12.2. The number of nitrogens with zero attached hydrogens (tertiary/aromatic N) is 1. The maximum atomic E-state index is 11.8. The summed E-state index contributed by atoms with van der Waals surface area (Å²) in [6.07, 6.45) is -1.50. The highest BCUT2D eigenvalue weighted by molar-refractivity contribution is 6.36. The molecule has 0 spiro atoms. The van der Waals surface area contributed by atoms with Crippen molar-refractivity contribution in [1.82, 2.24) is 0 Å². The van der Waals surface area contributed by atoms with E-state index in [-0.39, 0.29) is 0 Å². The molecule has 1 heterocycles. The zero-order valence-electron chi connectivity index (χ0n) is 10.7. The van der Waals surface area contributed by atoms with Crippen molar-refractivity contribution in [1.29, 1.82) is 0 Å². The van der Waals surface area contributed by atoms with E-state index in [1.54, 1.807) is 42.5 Å². The van der Waals surface area contributed by atoms with Crippen molar-refractivity contribution >= 4 is 40.5 Å². The standard InChI is InChI=1S/C15H10Cl2N2O2/c16-8-5-6-12-10(7-8)13(19-15(21)14(20)18-12)9-3-1-2-4-11(9)17/h1-7,15,21H,(H,18,20)/i5+1,6+1,7+1,8+1,10+1,12+1. The lowest BCUT2D eigenvalue weighted by atomic mass is 10.2. The highest BCUT2D eigenvalue weighted by atomic mass is 35.5. The minimum absolute atomic E-state index is 0.420. The zero-order chi connectivity index (χ0) is 15.0. The number of carbonyl (C=O) groups excluding carboxylic acids is 1. The quantitative estimate of drug-likeness (QED) is 0.845. The lowest BCUT2D eigenvalue weighted by molar-refractivity contribution is -0.123. The van der Waals surface area contributed by atoms with E-state index in [1.807, 2.05) is 0 Å². The van der Waals surface area contributed by atoms with Gasteiger partial charge in [-0.2, -0.15) is 0 Å². The van der Waals surface area contributed by atoms with E-state index < -0.39 is 12.1 Å².